The molecule has 0 unspecified atom stereocenters. The molecule has 1 aromatic heterocycles. The summed E-state index contributed by atoms with van der Waals surface area (Å²) in [6.07, 6.45) is 2.47. The zero-order chi connectivity index (χ0) is 26.7. The van der Waals surface area contributed by atoms with E-state index in [2.05, 4.69) is 4.98 Å². The molecule has 0 saturated carbocycles. The second-order valence-corrected chi connectivity index (χ2v) is 9.81. The zero-order valence-electron chi connectivity index (χ0n) is 20.3. The van der Waals surface area contributed by atoms with E-state index < -0.39 is 5.97 Å². The van der Waals surface area contributed by atoms with Gasteiger partial charge in [-0.3, -0.25) is 4.79 Å². The van der Waals surface area contributed by atoms with E-state index in [1.165, 1.54) is 0 Å². The molecule has 4 aromatic rings. The summed E-state index contributed by atoms with van der Waals surface area (Å²) in [5.74, 6) is -0.850. The van der Waals surface area contributed by atoms with E-state index in [4.69, 9.17) is 33.7 Å². The van der Waals surface area contributed by atoms with Crippen molar-refractivity contribution in [2.75, 3.05) is 6.61 Å². The van der Waals surface area contributed by atoms with Crippen molar-refractivity contribution in [3.8, 4) is 5.75 Å². The molecular formula is C29H26Cl2N2O4. The molecule has 6 nitrogen and oxygen atoms in total. The largest absolute Gasteiger partial charge is 0.489 e. The Bertz CT molecular complexity index is 1500. The number of halogens is 2. The van der Waals surface area contributed by atoms with E-state index in [1.807, 2.05) is 30.5 Å². The van der Waals surface area contributed by atoms with Crippen molar-refractivity contribution in [2.24, 2.45) is 11.7 Å². The topological polar surface area (TPSA) is 105 Å². The lowest BCUT2D eigenvalue weighted by molar-refractivity contribution is -0.118. The second-order valence-electron chi connectivity index (χ2n) is 9.00. The zero-order valence-corrected chi connectivity index (χ0v) is 21.9. The number of H-pyrrole nitrogens is 1. The second kappa shape index (κ2) is 11.1. The van der Waals surface area contributed by atoms with Crippen LogP contribution < -0.4 is 10.5 Å². The Balaban J connectivity index is 1.59. The first-order valence-electron chi connectivity index (χ1n) is 11.7. The van der Waals surface area contributed by atoms with Crippen LogP contribution in [0.5, 0.6) is 5.75 Å². The average molecular weight is 537 g/mol. The first-order chi connectivity index (χ1) is 17.7. The Morgan fingerprint density at radius 1 is 1.03 bits per heavy atom. The molecule has 0 saturated heterocycles. The molecule has 4 rings (SSSR count). The van der Waals surface area contributed by atoms with Gasteiger partial charge in [0.15, 0.2) is 5.78 Å². The van der Waals surface area contributed by atoms with Gasteiger partial charge < -0.3 is 20.6 Å². The summed E-state index contributed by atoms with van der Waals surface area (Å²) in [5.41, 5.74) is 10.3. The summed E-state index contributed by atoms with van der Waals surface area (Å²) >= 11 is 12.7. The highest BCUT2D eigenvalue weighted by Crippen LogP contribution is 2.32. The fourth-order valence-electron chi connectivity index (χ4n) is 4.13. The van der Waals surface area contributed by atoms with Gasteiger partial charge in [-0.1, -0.05) is 55.2 Å². The number of carbonyl (C=O) groups is 2. The lowest BCUT2D eigenvalue weighted by atomic mass is 9.97. The molecule has 4 N–H and O–H groups in total. The molecule has 0 aliphatic carbocycles. The van der Waals surface area contributed by atoms with E-state index >= 15 is 0 Å². The molecule has 0 bridgehead atoms. The molecule has 0 atom stereocenters. The molecule has 8 heteroatoms. The van der Waals surface area contributed by atoms with E-state index in [1.54, 1.807) is 50.2 Å². The van der Waals surface area contributed by atoms with Crippen LogP contribution in [-0.4, -0.2) is 28.4 Å². The summed E-state index contributed by atoms with van der Waals surface area (Å²) in [6, 6.07) is 17.5. The first-order valence-corrected chi connectivity index (χ1v) is 12.4. The van der Waals surface area contributed by atoms with Gasteiger partial charge >= 0.3 is 5.97 Å². The Morgan fingerprint density at radius 3 is 2.41 bits per heavy atom. The molecule has 190 valence electrons. The number of aromatic nitrogens is 1. The van der Waals surface area contributed by atoms with Gasteiger partial charge in [-0.05, 0) is 53.9 Å². The fraction of sp³-hybridized carbons (Fsp3) is 0.172. The van der Waals surface area contributed by atoms with Crippen molar-refractivity contribution < 1.29 is 19.4 Å². The molecule has 0 fully saturated rings. The Kier molecular flexibility index (Phi) is 7.91. The minimum absolute atomic E-state index is 0.0501. The molecular weight excluding hydrogens is 511 g/mol. The number of aromatic amines is 1. The van der Waals surface area contributed by atoms with Gasteiger partial charge in [0.2, 0.25) is 0 Å². The quantitative estimate of drug-likeness (QED) is 0.205. The summed E-state index contributed by atoms with van der Waals surface area (Å²) in [7, 11) is 0. The van der Waals surface area contributed by atoms with Gasteiger partial charge in [-0.2, -0.15) is 0 Å². The van der Waals surface area contributed by atoms with Crippen LogP contribution in [0.1, 0.15) is 40.9 Å². The maximum atomic E-state index is 13.0. The molecule has 0 amide bonds. The van der Waals surface area contributed by atoms with Gasteiger partial charge in [0, 0.05) is 34.6 Å². The number of ketones is 1. The lowest BCUT2D eigenvalue weighted by Crippen LogP contribution is -2.21. The maximum Gasteiger partial charge on any atom is 0.335 e. The molecule has 0 aliphatic rings. The third-order valence-corrected chi connectivity index (χ3v) is 6.70. The van der Waals surface area contributed by atoms with Crippen LogP contribution in [0, 0.1) is 5.92 Å². The summed E-state index contributed by atoms with van der Waals surface area (Å²) in [6.45, 7) is 3.54. The lowest BCUT2D eigenvalue weighted by Gasteiger charge is -2.16. The van der Waals surface area contributed by atoms with Crippen LogP contribution >= 0.6 is 23.2 Å². The molecule has 0 aliphatic heterocycles. The first kappa shape index (κ1) is 26.3. The summed E-state index contributed by atoms with van der Waals surface area (Å²) in [4.78, 5) is 27.5. The minimum atomic E-state index is -0.954. The fourth-order valence-corrected chi connectivity index (χ4v) is 4.73. The van der Waals surface area contributed by atoms with Crippen molar-refractivity contribution in [1.82, 2.24) is 4.98 Å². The number of ether oxygens (including phenoxy) is 1. The third-order valence-electron chi connectivity index (χ3n) is 6.07. The standard InChI is InChI=1S/C29H26Cl2N2O4/c1-16(2)28(34)22(27(32)26-23(30)7-4-8-24(26)31)15-37-20-9-10-21-19(14-33-25(21)13-20)12-17-5-3-6-18(11-17)29(35)36/h3-11,13-14,16,33H,12,15,32H2,1-2H3,(H,35,36)/b27-22-. The van der Waals surface area contributed by atoms with Gasteiger partial charge in [-0.25, -0.2) is 4.79 Å². The van der Waals surface area contributed by atoms with Crippen molar-refractivity contribution >= 4 is 51.6 Å². The monoisotopic (exact) mass is 536 g/mol. The van der Waals surface area contributed by atoms with Crippen molar-refractivity contribution in [2.45, 2.75) is 20.3 Å². The SMILES string of the molecule is CC(C)C(=O)/C(COc1ccc2c(Cc3cccc(C(=O)O)c3)c[nH]c2c1)=C(\N)c1c(Cl)cccc1Cl. The van der Waals surface area contributed by atoms with Crippen molar-refractivity contribution in [3.05, 3.63) is 105 Å². The van der Waals surface area contributed by atoms with Crippen LogP contribution in [0.4, 0.5) is 0 Å². The number of aromatic carboxylic acids is 1. The number of fused-ring (bicyclic) bond motifs is 1. The maximum absolute atomic E-state index is 13.0. The summed E-state index contributed by atoms with van der Waals surface area (Å²) < 4.78 is 6.01. The predicted molar refractivity (Wildman–Crippen MR) is 147 cm³/mol. The van der Waals surface area contributed by atoms with Crippen molar-refractivity contribution in [1.29, 1.82) is 0 Å². The highest BCUT2D eigenvalue weighted by Gasteiger charge is 2.22. The number of carboxylic acid groups (broad SMARTS) is 1. The normalized spacial score (nSPS) is 12.0. The van der Waals surface area contributed by atoms with Crippen LogP contribution in [0.15, 0.2) is 72.4 Å². The van der Waals surface area contributed by atoms with Gasteiger partial charge in [0.1, 0.15) is 12.4 Å². The number of hydrogen-bond donors (Lipinski definition) is 3. The average Bonchev–Trinajstić information content (AvgIpc) is 3.25. The van der Waals surface area contributed by atoms with Crippen LogP contribution in [0.2, 0.25) is 10.0 Å². The number of nitrogens with one attached hydrogen (secondary N) is 1. The van der Waals surface area contributed by atoms with Crippen LogP contribution in [0.25, 0.3) is 16.6 Å². The van der Waals surface area contributed by atoms with Crippen LogP contribution in [0.3, 0.4) is 0 Å². The number of Topliss-reactive ketones (excluding diaryl/α,β-unsaturated/α-hetero) is 1. The van der Waals surface area contributed by atoms with Crippen molar-refractivity contribution in [3.63, 3.8) is 0 Å². The van der Waals surface area contributed by atoms with Gasteiger partial charge in [-0.15, -0.1) is 0 Å². The Morgan fingerprint density at radius 2 is 1.73 bits per heavy atom. The number of hydrogen-bond acceptors (Lipinski definition) is 4. The number of benzene rings is 3. The number of carbonyl (C=O) groups excluding carboxylic acids is 1. The number of nitrogens with two attached hydrogens (primary N) is 1. The summed E-state index contributed by atoms with van der Waals surface area (Å²) in [5, 5.41) is 11.0. The van der Waals surface area contributed by atoms with E-state index in [9.17, 15) is 14.7 Å². The molecule has 37 heavy (non-hydrogen) atoms. The Hall–Kier alpha value is -3.74. The van der Waals surface area contributed by atoms with Gasteiger partial charge in [0.05, 0.1) is 26.9 Å². The van der Waals surface area contributed by atoms with Crippen LogP contribution in [-0.2, 0) is 11.2 Å². The van der Waals surface area contributed by atoms with E-state index in [-0.39, 0.29) is 29.6 Å². The highest BCUT2D eigenvalue weighted by atomic mass is 35.5. The number of rotatable bonds is 9. The predicted octanol–water partition coefficient (Wildman–Crippen LogP) is 6.74. The molecule has 3 aromatic carbocycles. The van der Waals surface area contributed by atoms with E-state index in [0.29, 0.717) is 33.4 Å². The molecule has 0 spiro atoms. The van der Waals surface area contributed by atoms with E-state index in [0.717, 1.165) is 22.0 Å². The smallest absolute Gasteiger partial charge is 0.335 e. The van der Waals surface area contributed by atoms with Gasteiger partial charge in [0.25, 0.3) is 0 Å². The molecule has 0 radical (unpaired) electrons. The molecule has 1 heterocycles. The Labute approximate surface area is 224 Å². The highest BCUT2D eigenvalue weighted by molar-refractivity contribution is 6.37. The third kappa shape index (κ3) is 5.82. The minimum Gasteiger partial charge on any atom is -0.489 e. The number of carboxylic acids is 1.